The van der Waals surface area contributed by atoms with Crippen LogP contribution in [0.1, 0.15) is 16.8 Å². The summed E-state index contributed by atoms with van der Waals surface area (Å²) in [5.74, 6) is 0. The molecule has 3 nitrogen and oxygen atoms in total. The Morgan fingerprint density at radius 2 is 2.46 bits per heavy atom. The molecule has 0 spiro atoms. The number of H-pyrrole nitrogens is 1. The van der Waals surface area contributed by atoms with E-state index in [4.69, 9.17) is 22.2 Å². The summed E-state index contributed by atoms with van der Waals surface area (Å²) in [4.78, 5) is 3.06. The highest BCUT2D eigenvalue weighted by Gasteiger charge is 2.11. The Morgan fingerprint density at radius 3 is 3.23 bits per heavy atom. The Hall–Kier alpha value is -1.18. The van der Waals surface area contributed by atoms with E-state index in [-0.39, 0.29) is 0 Å². The summed E-state index contributed by atoms with van der Waals surface area (Å²) in [7, 11) is 0. The molecule has 0 radical (unpaired) electrons. The summed E-state index contributed by atoms with van der Waals surface area (Å²) in [5, 5.41) is 8.74. The number of aromatic nitrogens is 1. The maximum absolute atomic E-state index is 8.74. The van der Waals surface area contributed by atoms with Crippen molar-refractivity contribution in [1.29, 1.82) is 5.26 Å². The Labute approximate surface area is 81.0 Å². The van der Waals surface area contributed by atoms with Crippen LogP contribution in [0.3, 0.4) is 0 Å². The lowest BCUT2D eigenvalue weighted by Gasteiger charge is -2.15. The lowest BCUT2D eigenvalue weighted by atomic mass is 10.1. The number of nitrogens with one attached hydrogen (secondary N) is 1. The average molecular weight is 192 g/mol. The number of aromatic amines is 1. The molecule has 1 aliphatic heterocycles. The first kappa shape index (κ1) is 8.42. The average Bonchev–Trinajstić information content (AvgIpc) is 2.17. The molecule has 0 fully saturated rings. The smallest absolute Gasteiger partial charge is 0.121 e. The summed E-state index contributed by atoms with van der Waals surface area (Å²) in [6, 6.07) is 3.87. The van der Waals surface area contributed by atoms with E-state index in [0.717, 1.165) is 24.3 Å². The quantitative estimate of drug-likeness (QED) is 0.636. The molecule has 0 amide bonds. The van der Waals surface area contributed by atoms with Crippen molar-refractivity contribution in [3.63, 3.8) is 0 Å². The normalized spacial score (nSPS) is 14.7. The van der Waals surface area contributed by atoms with Gasteiger partial charge in [-0.1, -0.05) is 12.2 Å². The first-order valence-corrected chi connectivity index (χ1v) is 4.45. The van der Waals surface area contributed by atoms with Gasteiger partial charge in [0.25, 0.3) is 0 Å². The van der Waals surface area contributed by atoms with Crippen molar-refractivity contribution in [2.24, 2.45) is 0 Å². The Kier molecular flexibility index (Phi) is 2.13. The zero-order valence-corrected chi connectivity index (χ0v) is 7.78. The van der Waals surface area contributed by atoms with Crippen LogP contribution in [0.2, 0.25) is 0 Å². The first-order valence-electron chi connectivity index (χ1n) is 4.04. The van der Waals surface area contributed by atoms with Crippen LogP contribution in [-0.2, 0) is 17.8 Å². The summed E-state index contributed by atoms with van der Waals surface area (Å²) < 4.78 is 5.80. The molecule has 66 valence electrons. The van der Waals surface area contributed by atoms with E-state index in [0.29, 0.717) is 16.8 Å². The second-order valence-corrected chi connectivity index (χ2v) is 3.34. The van der Waals surface area contributed by atoms with E-state index in [1.807, 2.05) is 6.07 Å². The molecule has 13 heavy (non-hydrogen) atoms. The van der Waals surface area contributed by atoms with Gasteiger partial charge in [-0.3, -0.25) is 0 Å². The van der Waals surface area contributed by atoms with Crippen LogP contribution in [0.15, 0.2) is 6.07 Å². The third kappa shape index (κ3) is 1.48. The molecule has 4 heteroatoms. The predicted molar refractivity (Wildman–Crippen MR) is 49.7 cm³/mol. The third-order valence-electron chi connectivity index (χ3n) is 2.09. The summed E-state index contributed by atoms with van der Waals surface area (Å²) in [5.41, 5.74) is 2.69. The van der Waals surface area contributed by atoms with E-state index in [1.54, 1.807) is 0 Å². The number of pyridine rings is 1. The van der Waals surface area contributed by atoms with E-state index in [2.05, 4.69) is 11.1 Å². The molecule has 1 aromatic rings. The van der Waals surface area contributed by atoms with Crippen LogP contribution >= 0.6 is 12.2 Å². The van der Waals surface area contributed by atoms with Gasteiger partial charge in [0.15, 0.2) is 0 Å². The molecule has 0 aromatic carbocycles. The minimum absolute atomic E-state index is 0.527. The highest BCUT2D eigenvalue weighted by Crippen LogP contribution is 2.16. The molecule has 1 aliphatic rings. The van der Waals surface area contributed by atoms with Gasteiger partial charge in [0.1, 0.15) is 10.7 Å². The molecular weight excluding hydrogens is 184 g/mol. The Bertz CT molecular complexity index is 430. The van der Waals surface area contributed by atoms with Crippen molar-refractivity contribution >= 4 is 12.2 Å². The molecule has 0 unspecified atom stereocenters. The Balaban J connectivity index is 2.59. The van der Waals surface area contributed by atoms with Crippen LogP contribution < -0.4 is 0 Å². The lowest BCUT2D eigenvalue weighted by molar-refractivity contribution is 0.109. The minimum Gasteiger partial charge on any atom is -0.376 e. The molecule has 0 atom stereocenters. The number of nitrogens with zero attached hydrogens (tertiary/aromatic N) is 1. The summed E-state index contributed by atoms with van der Waals surface area (Å²) >= 11 is 5.02. The summed E-state index contributed by atoms with van der Waals surface area (Å²) in [6.45, 7) is 1.31. The third-order valence-corrected chi connectivity index (χ3v) is 2.41. The van der Waals surface area contributed by atoms with Gasteiger partial charge in [0.05, 0.1) is 18.8 Å². The maximum Gasteiger partial charge on any atom is 0.121 e. The van der Waals surface area contributed by atoms with Crippen LogP contribution in [0.25, 0.3) is 0 Å². The van der Waals surface area contributed by atoms with Gasteiger partial charge in [-0.15, -0.1) is 0 Å². The highest BCUT2D eigenvalue weighted by molar-refractivity contribution is 7.71. The number of fused-ring (bicyclic) bond motifs is 1. The van der Waals surface area contributed by atoms with Gasteiger partial charge < -0.3 is 9.72 Å². The van der Waals surface area contributed by atoms with Gasteiger partial charge in [-0.05, 0) is 11.6 Å². The standard InChI is InChI=1S/C9H8N2OS/c10-4-6-3-7-5-12-2-1-8(7)11-9(6)13/h3H,1-2,5H2,(H,11,13). The van der Waals surface area contributed by atoms with Crippen molar-refractivity contribution in [1.82, 2.24) is 4.98 Å². The first-order chi connectivity index (χ1) is 6.31. The molecule has 0 saturated carbocycles. The fourth-order valence-electron chi connectivity index (χ4n) is 1.40. The van der Waals surface area contributed by atoms with E-state index in [9.17, 15) is 0 Å². The molecule has 2 rings (SSSR count). The molecule has 0 bridgehead atoms. The molecule has 0 saturated heterocycles. The Morgan fingerprint density at radius 1 is 1.62 bits per heavy atom. The van der Waals surface area contributed by atoms with Gasteiger partial charge in [0, 0.05) is 12.1 Å². The van der Waals surface area contributed by atoms with Gasteiger partial charge in [-0.25, -0.2) is 0 Å². The highest BCUT2D eigenvalue weighted by atomic mass is 32.1. The molecule has 0 aliphatic carbocycles. The number of hydrogen-bond donors (Lipinski definition) is 1. The van der Waals surface area contributed by atoms with E-state index >= 15 is 0 Å². The molecule has 1 N–H and O–H groups in total. The van der Waals surface area contributed by atoms with Crippen LogP contribution in [-0.4, -0.2) is 11.6 Å². The fraction of sp³-hybridized carbons (Fsp3) is 0.333. The molecule has 2 heterocycles. The SMILES string of the molecule is N#Cc1cc2c([nH]c1=S)CCOC2. The van der Waals surface area contributed by atoms with Gasteiger partial charge in [0.2, 0.25) is 0 Å². The van der Waals surface area contributed by atoms with Gasteiger partial charge >= 0.3 is 0 Å². The number of hydrogen-bond acceptors (Lipinski definition) is 3. The van der Waals surface area contributed by atoms with E-state index in [1.165, 1.54) is 0 Å². The zero-order valence-electron chi connectivity index (χ0n) is 6.96. The summed E-state index contributed by atoms with van der Waals surface area (Å²) in [6.07, 6.45) is 0.852. The fourth-order valence-corrected chi connectivity index (χ4v) is 1.63. The van der Waals surface area contributed by atoms with Crippen molar-refractivity contribution in [2.45, 2.75) is 13.0 Å². The molecular formula is C9H8N2OS. The van der Waals surface area contributed by atoms with Crippen LogP contribution in [0.4, 0.5) is 0 Å². The number of rotatable bonds is 0. The topological polar surface area (TPSA) is 48.8 Å². The minimum atomic E-state index is 0.527. The lowest BCUT2D eigenvalue weighted by Crippen LogP contribution is -2.12. The van der Waals surface area contributed by atoms with Crippen molar-refractivity contribution < 1.29 is 4.74 Å². The predicted octanol–water partition coefficient (Wildman–Crippen LogP) is 1.69. The van der Waals surface area contributed by atoms with Crippen molar-refractivity contribution in [3.8, 4) is 6.07 Å². The second-order valence-electron chi connectivity index (χ2n) is 2.93. The van der Waals surface area contributed by atoms with Crippen molar-refractivity contribution in [3.05, 3.63) is 27.5 Å². The van der Waals surface area contributed by atoms with Crippen molar-refractivity contribution in [2.75, 3.05) is 6.61 Å². The van der Waals surface area contributed by atoms with Gasteiger partial charge in [-0.2, -0.15) is 5.26 Å². The second kappa shape index (κ2) is 3.29. The number of nitriles is 1. The van der Waals surface area contributed by atoms with E-state index < -0.39 is 0 Å². The van der Waals surface area contributed by atoms with Crippen LogP contribution in [0, 0.1) is 16.0 Å². The molecule has 1 aromatic heterocycles. The van der Waals surface area contributed by atoms with Crippen LogP contribution in [0.5, 0.6) is 0 Å². The number of ether oxygens (including phenoxy) is 1. The largest absolute Gasteiger partial charge is 0.376 e. The zero-order chi connectivity index (χ0) is 9.26. The monoisotopic (exact) mass is 192 g/mol. The maximum atomic E-state index is 8.74.